The molecule has 2 nitrogen and oxygen atoms in total. The molecule has 2 aromatic carbocycles. The molecule has 3 heteroatoms. The number of hydrogen-bond donors (Lipinski definition) is 1. The van der Waals surface area contributed by atoms with Gasteiger partial charge in [-0.1, -0.05) is 18.2 Å². The maximum atomic E-state index is 13.3. The van der Waals surface area contributed by atoms with E-state index in [1.54, 1.807) is 6.07 Å². The first-order chi connectivity index (χ1) is 9.06. The lowest BCUT2D eigenvalue weighted by Gasteiger charge is -2.14. The zero-order chi connectivity index (χ0) is 13.8. The Hall–Kier alpha value is -1.87. The normalized spacial score (nSPS) is 12.2. The standard InChI is InChI=1S/C16H18FNO/c1-11-5-3-4-6-15(11)19-16-8-7-14(17)10-13(16)9-12(2)18/h3-8,10,12H,9,18H2,1-2H3. The second-order valence-corrected chi connectivity index (χ2v) is 4.80. The summed E-state index contributed by atoms with van der Waals surface area (Å²) in [5.41, 5.74) is 7.62. The summed E-state index contributed by atoms with van der Waals surface area (Å²) in [6, 6.07) is 12.2. The molecule has 100 valence electrons. The molecule has 0 saturated carbocycles. The number of benzene rings is 2. The van der Waals surface area contributed by atoms with Crippen LogP contribution in [-0.4, -0.2) is 6.04 Å². The summed E-state index contributed by atoms with van der Waals surface area (Å²) in [5, 5.41) is 0. The highest BCUT2D eigenvalue weighted by Gasteiger charge is 2.09. The SMILES string of the molecule is Cc1ccccc1Oc1ccc(F)cc1CC(C)N. The zero-order valence-electron chi connectivity index (χ0n) is 11.2. The van der Waals surface area contributed by atoms with Crippen LogP contribution in [0, 0.1) is 12.7 Å². The third kappa shape index (κ3) is 3.55. The molecule has 2 N–H and O–H groups in total. The average molecular weight is 259 g/mol. The van der Waals surface area contributed by atoms with Gasteiger partial charge in [0.25, 0.3) is 0 Å². The number of rotatable bonds is 4. The molecule has 0 bridgehead atoms. The summed E-state index contributed by atoms with van der Waals surface area (Å²) in [6.45, 7) is 3.87. The van der Waals surface area contributed by atoms with Crippen molar-refractivity contribution in [2.24, 2.45) is 5.73 Å². The third-order valence-electron chi connectivity index (χ3n) is 2.88. The van der Waals surface area contributed by atoms with E-state index in [9.17, 15) is 4.39 Å². The van der Waals surface area contributed by atoms with Crippen molar-refractivity contribution in [3.05, 3.63) is 59.4 Å². The van der Waals surface area contributed by atoms with Gasteiger partial charge in [-0.15, -0.1) is 0 Å². The molecule has 0 aliphatic heterocycles. The predicted molar refractivity (Wildman–Crippen MR) is 75.0 cm³/mol. The topological polar surface area (TPSA) is 35.2 Å². The van der Waals surface area contributed by atoms with Gasteiger partial charge in [-0.3, -0.25) is 0 Å². The van der Waals surface area contributed by atoms with Crippen molar-refractivity contribution in [3.8, 4) is 11.5 Å². The maximum absolute atomic E-state index is 13.3. The van der Waals surface area contributed by atoms with Gasteiger partial charge in [-0.25, -0.2) is 4.39 Å². The van der Waals surface area contributed by atoms with Crippen LogP contribution in [0.15, 0.2) is 42.5 Å². The van der Waals surface area contributed by atoms with Crippen LogP contribution < -0.4 is 10.5 Å². The van der Waals surface area contributed by atoms with Crippen molar-refractivity contribution in [1.29, 1.82) is 0 Å². The van der Waals surface area contributed by atoms with Crippen LogP contribution in [-0.2, 0) is 6.42 Å². The van der Waals surface area contributed by atoms with Crippen molar-refractivity contribution >= 4 is 0 Å². The molecule has 0 saturated heterocycles. The first-order valence-corrected chi connectivity index (χ1v) is 6.34. The lowest BCUT2D eigenvalue weighted by molar-refractivity contribution is 0.467. The molecule has 1 atom stereocenters. The number of ether oxygens (including phenoxy) is 1. The number of hydrogen-bond acceptors (Lipinski definition) is 2. The lowest BCUT2D eigenvalue weighted by atomic mass is 10.1. The Labute approximate surface area is 113 Å². The Balaban J connectivity index is 2.32. The maximum Gasteiger partial charge on any atom is 0.130 e. The quantitative estimate of drug-likeness (QED) is 0.906. The van der Waals surface area contributed by atoms with E-state index >= 15 is 0 Å². The van der Waals surface area contributed by atoms with Crippen LogP contribution in [0.2, 0.25) is 0 Å². The molecule has 0 spiro atoms. The van der Waals surface area contributed by atoms with E-state index in [-0.39, 0.29) is 11.9 Å². The van der Waals surface area contributed by atoms with E-state index in [0.29, 0.717) is 12.2 Å². The van der Waals surface area contributed by atoms with Gasteiger partial charge in [0.2, 0.25) is 0 Å². The summed E-state index contributed by atoms with van der Waals surface area (Å²) < 4.78 is 19.2. The first kappa shape index (κ1) is 13.6. The fraction of sp³-hybridized carbons (Fsp3) is 0.250. The minimum atomic E-state index is -0.271. The minimum Gasteiger partial charge on any atom is -0.457 e. The van der Waals surface area contributed by atoms with Gasteiger partial charge in [0.05, 0.1) is 0 Å². The van der Waals surface area contributed by atoms with E-state index in [0.717, 1.165) is 16.9 Å². The molecule has 0 radical (unpaired) electrons. The molecular weight excluding hydrogens is 241 g/mol. The van der Waals surface area contributed by atoms with Crippen LogP contribution in [0.5, 0.6) is 11.5 Å². The molecule has 0 amide bonds. The summed E-state index contributed by atoms with van der Waals surface area (Å²) >= 11 is 0. The Morgan fingerprint density at radius 2 is 1.89 bits per heavy atom. The van der Waals surface area contributed by atoms with Crippen molar-refractivity contribution in [3.63, 3.8) is 0 Å². The van der Waals surface area contributed by atoms with E-state index < -0.39 is 0 Å². The van der Waals surface area contributed by atoms with Gasteiger partial charge >= 0.3 is 0 Å². The third-order valence-corrected chi connectivity index (χ3v) is 2.88. The second-order valence-electron chi connectivity index (χ2n) is 4.80. The number of halogens is 1. The van der Waals surface area contributed by atoms with E-state index in [1.165, 1.54) is 12.1 Å². The minimum absolute atomic E-state index is 0.0407. The van der Waals surface area contributed by atoms with E-state index in [1.807, 2.05) is 38.1 Å². The smallest absolute Gasteiger partial charge is 0.130 e. The molecule has 2 rings (SSSR count). The molecule has 2 aromatic rings. The van der Waals surface area contributed by atoms with Gasteiger partial charge in [0.1, 0.15) is 17.3 Å². The fourth-order valence-electron chi connectivity index (χ4n) is 1.94. The molecule has 19 heavy (non-hydrogen) atoms. The predicted octanol–water partition coefficient (Wildman–Crippen LogP) is 3.82. The van der Waals surface area contributed by atoms with Crippen molar-refractivity contribution in [1.82, 2.24) is 0 Å². The Kier molecular flexibility index (Phi) is 4.17. The molecule has 0 fully saturated rings. The van der Waals surface area contributed by atoms with Crippen molar-refractivity contribution in [2.75, 3.05) is 0 Å². The van der Waals surface area contributed by atoms with Crippen molar-refractivity contribution < 1.29 is 9.13 Å². The van der Waals surface area contributed by atoms with E-state index in [4.69, 9.17) is 10.5 Å². The van der Waals surface area contributed by atoms with Crippen LogP contribution in [0.1, 0.15) is 18.1 Å². The second kappa shape index (κ2) is 5.85. The van der Waals surface area contributed by atoms with Crippen LogP contribution >= 0.6 is 0 Å². The molecule has 0 aliphatic carbocycles. The Morgan fingerprint density at radius 3 is 2.58 bits per heavy atom. The van der Waals surface area contributed by atoms with Gasteiger partial charge in [0.15, 0.2) is 0 Å². The average Bonchev–Trinajstić information content (AvgIpc) is 2.34. The Bertz CT molecular complexity index is 566. The lowest BCUT2D eigenvalue weighted by Crippen LogP contribution is -2.18. The van der Waals surface area contributed by atoms with Crippen molar-refractivity contribution in [2.45, 2.75) is 26.3 Å². The van der Waals surface area contributed by atoms with Gasteiger partial charge in [-0.2, -0.15) is 0 Å². The summed E-state index contributed by atoms with van der Waals surface area (Å²) in [5.74, 6) is 1.17. The molecule has 0 heterocycles. The molecule has 0 aromatic heterocycles. The zero-order valence-corrected chi connectivity index (χ0v) is 11.2. The largest absolute Gasteiger partial charge is 0.457 e. The van der Waals surface area contributed by atoms with Crippen LogP contribution in [0.3, 0.4) is 0 Å². The molecular formula is C16H18FNO. The number of para-hydroxylation sites is 1. The highest BCUT2D eigenvalue weighted by atomic mass is 19.1. The summed E-state index contributed by atoms with van der Waals surface area (Å²) in [6.07, 6.45) is 0.582. The van der Waals surface area contributed by atoms with Gasteiger partial charge in [0, 0.05) is 6.04 Å². The van der Waals surface area contributed by atoms with Crippen LogP contribution in [0.25, 0.3) is 0 Å². The molecule has 1 unspecified atom stereocenters. The highest BCUT2D eigenvalue weighted by Crippen LogP contribution is 2.28. The number of aryl methyl sites for hydroxylation is 1. The number of nitrogens with two attached hydrogens (primary N) is 1. The van der Waals surface area contributed by atoms with Crippen LogP contribution in [0.4, 0.5) is 4.39 Å². The van der Waals surface area contributed by atoms with Gasteiger partial charge < -0.3 is 10.5 Å². The monoisotopic (exact) mass is 259 g/mol. The molecule has 0 aliphatic rings. The summed E-state index contributed by atoms with van der Waals surface area (Å²) in [7, 11) is 0. The first-order valence-electron chi connectivity index (χ1n) is 6.34. The van der Waals surface area contributed by atoms with Gasteiger partial charge in [-0.05, 0) is 55.7 Å². The van der Waals surface area contributed by atoms with E-state index in [2.05, 4.69) is 0 Å². The fourth-order valence-corrected chi connectivity index (χ4v) is 1.94. The highest BCUT2D eigenvalue weighted by molar-refractivity contribution is 5.41. The summed E-state index contributed by atoms with van der Waals surface area (Å²) in [4.78, 5) is 0. The Morgan fingerprint density at radius 1 is 1.16 bits per heavy atom.